The van der Waals surface area contributed by atoms with Crippen molar-refractivity contribution in [2.24, 2.45) is 7.05 Å². The molecule has 0 aliphatic heterocycles. The molecular formula is C14H15N3S. The van der Waals surface area contributed by atoms with Crippen LogP contribution in [0.4, 0.5) is 0 Å². The van der Waals surface area contributed by atoms with Gasteiger partial charge in [-0.3, -0.25) is 4.68 Å². The Labute approximate surface area is 110 Å². The molecule has 92 valence electrons. The van der Waals surface area contributed by atoms with Gasteiger partial charge in [0.25, 0.3) is 0 Å². The van der Waals surface area contributed by atoms with Crippen molar-refractivity contribution < 1.29 is 0 Å². The fraction of sp³-hybridized carbons (Fsp3) is 0.214. The highest BCUT2D eigenvalue weighted by molar-refractivity contribution is 7.17. The van der Waals surface area contributed by atoms with Gasteiger partial charge in [0.15, 0.2) is 0 Å². The van der Waals surface area contributed by atoms with Crippen molar-refractivity contribution in [3.05, 3.63) is 41.5 Å². The molecule has 0 saturated carbocycles. The van der Waals surface area contributed by atoms with Crippen LogP contribution in [0.2, 0.25) is 0 Å². The number of thiophene rings is 1. The van der Waals surface area contributed by atoms with Crippen LogP contribution in [0.1, 0.15) is 5.69 Å². The fourth-order valence-corrected chi connectivity index (χ4v) is 3.20. The molecule has 0 aliphatic rings. The summed E-state index contributed by atoms with van der Waals surface area (Å²) in [4.78, 5) is 0. The predicted octanol–water partition coefficient (Wildman–Crippen LogP) is 3.02. The minimum absolute atomic E-state index is 0.792. The Morgan fingerprint density at radius 1 is 1.28 bits per heavy atom. The highest BCUT2D eigenvalue weighted by atomic mass is 32.1. The summed E-state index contributed by atoms with van der Waals surface area (Å²) >= 11 is 1.79. The Kier molecular flexibility index (Phi) is 2.89. The molecule has 0 spiro atoms. The van der Waals surface area contributed by atoms with Crippen molar-refractivity contribution >= 4 is 21.4 Å². The van der Waals surface area contributed by atoms with Crippen molar-refractivity contribution in [1.82, 2.24) is 15.1 Å². The van der Waals surface area contributed by atoms with Crippen LogP contribution < -0.4 is 5.32 Å². The number of rotatable bonds is 3. The summed E-state index contributed by atoms with van der Waals surface area (Å²) in [6.07, 6.45) is 2.10. The first kappa shape index (κ1) is 11.4. The van der Waals surface area contributed by atoms with Gasteiger partial charge in [-0.25, -0.2) is 0 Å². The van der Waals surface area contributed by atoms with Crippen LogP contribution in [0.3, 0.4) is 0 Å². The average molecular weight is 257 g/mol. The zero-order valence-corrected chi connectivity index (χ0v) is 11.3. The zero-order valence-electron chi connectivity index (χ0n) is 10.5. The zero-order chi connectivity index (χ0) is 12.5. The van der Waals surface area contributed by atoms with Crippen LogP contribution in [0.5, 0.6) is 0 Å². The van der Waals surface area contributed by atoms with Gasteiger partial charge in [-0.1, -0.05) is 18.2 Å². The second-order valence-electron chi connectivity index (χ2n) is 4.34. The molecule has 0 aliphatic carbocycles. The highest BCUT2D eigenvalue weighted by Gasteiger charge is 2.13. The second-order valence-corrected chi connectivity index (χ2v) is 5.25. The summed E-state index contributed by atoms with van der Waals surface area (Å²) in [6, 6.07) is 8.52. The highest BCUT2D eigenvalue weighted by Crippen LogP contribution is 2.35. The number of aromatic nitrogens is 2. The van der Waals surface area contributed by atoms with E-state index in [0.29, 0.717) is 0 Å². The summed E-state index contributed by atoms with van der Waals surface area (Å²) < 4.78 is 3.21. The van der Waals surface area contributed by atoms with Crippen molar-refractivity contribution in [2.45, 2.75) is 6.54 Å². The number of hydrogen-bond acceptors (Lipinski definition) is 3. The standard InChI is InChI=1S/C14H15N3S/c1-15-7-13-11(8-17(2)16-13)12-9-18-14-6-4-3-5-10(12)14/h3-6,8-9,15H,7H2,1-2H3. The van der Waals surface area contributed by atoms with Gasteiger partial charge in [-0.2, -0.15) is 5.10 Å². The van der Waals surface area contributed by atoms with E-state index in [1.54, 1.807) is 11.3 Å². The van der Waals surface area contributed by atoms with Crippen molar-refractivity contribution in [3.63, 3.8) is 0 Å². The first-order valence-electron chi connectivity index (χ1n) is 5.93. The van der Waals surface area contributed by atoms with Crippen LogP contribution >= 0.6 is 11.3 Å². The van der Waals surface area contributed by atoms with Crippen LogP contribution in [0.25, 0.3) is 21.2 Å². The number of aryl methyl sites for hydroxylation is 1. The van der Waals surface area contributed by atoms with Gasteiger partial charge in [0, 0.05) is 41.0 Å². The van der Waals surface area contributed by atoms with Gasteiger partial charge < -0.3 is 5.32 Å². The Morgan fingerprint density at radius 3 is 2.94 bits per heavy atom. The third kappa shape index (κ3) is 1.83. The molecule has 0 saturated heterocycles. The molecule has 0 bridgehead atoms. The molecule has 3 rings (SSSR count). The Morgan fingerprint density at radius 2 is 2.11 bits per heavy atom. The quantitative estimate of drug-likeness (QED) is 0.781. The summed E-state index contributed by atoms with van der Waals surface area (Å²) in [6.45, 7) is 0.792. The first-order chi connectivity index (χ1) is 8.79. The van der Waals surface area contributed by atoms with Gasteiger partial charge >= 0.3 is 0 Å². The molecule has 0 unspecified atom stereocenters. The van der Waals surface area contributed by atoms with E-state index in [0.717, 1.165) is 12.2 Å². The Hall–Kier alpha value is -1.65. The number of fused-ring (bicyclic) bond motifs is 1. The number of benzene rings is 1. The van der Waals surface area contributed by atoms with Crippen molar-refractivity contribution in [3.8, 4) is 11.1 Å². The third-order valence-electron chi connectivity index (χ3n) is 3.02. The topological polar surface area (TPSA) is 29.9 Å². The van der Waals surface area contributed by atoms with Crippen molar-refractivity contribution in [1.29, 1.82) is 0 Å². The molecule has 4 heteroatoms. The molecular weight excluding hydrogens is 242 g/mol. The maximum absolute atomic E-state index is 4.52. The summed E-state index contributed by atoms with van der Waals surface area (Å²) in [7, 11) is 3.92. The SMILES string of the molecule is CNCc1nn(C)cc1-c1csc2ccccc12. The van der Waals surface area contributed by atoms with E-state index in [1.807, 2.05) is 18.8 Å². The van der Waals surface area contributed by atoms with E-state index in [-0.39, 0.29) is 0 Å². The lowest BCUT2D eigenvalue weighted by molar-refractivity contribution is 0.712. The second kappa shape index (κ2) is 4.55. The van der Waals surface area contributed by atoms with Crippen LogP contribution in [-0.4, -0.2) is 16.8 Å². The lowest BCUT2D eigenvalue weighted by Crippen LogP contribution is -2.07. The van der Waals surface area contributed by atoms with Gasteiger partial charge in [-0.05, 0) is 18.5 Å². The Balaban J connectivity index is 2.19. The van der Waals surface area contributed by atoms with Gasteiger partial charge in [-0.15, -0.1) is 11.3 Å². The van der Waals surface area contributed by atoms with Gasteiger partial charge in [0.2, 0.25) is 0 Å². The van der Waals surface area contributed by atoms with Gasteiger partial charge in [0.05, 0.1) is 5.69 Å². The van der Waals surface area contributed by atoms with Crippen LogP contribution in [0, 0.1) is 0 Å². The molecule has 3 nitrogen and oxygen atoms in total. The molecule has 0 radical (unpaired) electrons. The normalized spacial score (nSPS) is 11.2. The van der Waals surface area contributed by atoms with Gasteiger partial charge in [0.1, 0.15) is 0 Å². The number of hydrogen-bond donors (Lipinski definition) is 1. The minimum Gasteiger partial charge on any atom is -0.314 e. The molecule has 2 aromatic heterocycles. The molecule has 3 aromatic rings. The smallest absolute Gasteiger partial charge is 0.0841 e. The molecule has 1 aromatic carbocycles. The van der Waals surface area contributed by atoms with E-state index in [2.05, 4.69) is 46.3 Å². The lowest BCUT2D eigenvalue weighted by atomic mass is 10.1. The molecule has 0 atom stereocenters. The molecule has 0 fully saturated rings. The molecule has 2 heterocycles. The molecule has 18 heavy (non-hydrogen) atoms. The van der Waals surface area contributed by atoms with E-state index >= 15 is 0 Å². The lowest BCUT2D eigenvalue weighted by Gasteiger charge is -2.00. The molecule has 1 N–H and O–H groups in total. The monoisotopic (exact) mass is 257 g/mol. The van der Waals surface area contributed by atoms with E-state index in [9.17, 15) is 0 Å². The Bertz CT molecular complexity index is 681. The van der Waals surface area contributed by atoms with E-state index in [4.69, 9.17) is 0 Å². The predicted molar refractivity (Wildman–Crippen MR) is 76.8 cm³/mol. The number of nitrogens with one attached hydrogen (secondary N) is 1. The van der Waals surface area contributed by atoms with Crippen LogP contribution in [-0.2, 0) is 13.6 Å². The minimum atomic E-state index is 0.792. The average Bonchev–Trinajstić information content (AvgIpc) is 2.93. The number of nitrogens with zero attached hydrogens (tertiary/aromatic N) is 2. The van der Waals surface area contributed by atoms with E-state index in [1.165, 1.54) is 21.2 Å². The van der Waals surface area contributed by atoms with Crippen LogP contribution in [0.15, 0.2) is 35.8 Å². The molecule has 0 amide bonds. The maximum Gasteiger partial charge on any atom is 0.0841 e. The summed E-state index contributed by atoms with van der Waals surface area (Å²) in [5.41, 5.74) is 3.61. The third-order valence-corrected chi connectivity index (χ3v) is 3.98. The summed E-state index contributed by atoms with van der Waals surface area (Å²) in [5.74, 6) is 0. The van der Waals surface area contributed by atoms with Crippen molar-refractivity contribution in [2.75, 3.05) is 7.05 Å². The maximum atomic E-state index is 4.52. The summed E-state index contributed by atoms with van der Waals surface area (Å²) in [5, 5.41) is 11.2. The first-order valence-corrected chi connectivity index (χ1v) is 6.81. The fourth-order valence-electron chi connectivity index (χ4n) is 2.24. The van der Waals surface area contributed by atoms with E-state index < -0.39 is 0 Å². The largest absolute Gasteiger partial charge is 0.314 e.